The number of carbonyl (C=O) groups excluding carboxylic acids is 2. The minimum atomic E-state index is -1.58. The largest absolute Gasteiger partial charge is 0.508 e. The summed E-state index contributed by atoms with van der Waals surface area (Å²) in [6.07, 6.45) is 0.332. The molecule has 2 amide bonds. The minimum Gasteiger partial charge on any atom is -0.508 e. The van der Waals surface area contributed by atoms with E-state index in [1.807, 2.05) is 0 Å². The van der Waals surface area contributed by atoms with E-state index in [4.69, 9.17) is 15.9 Å². The SMILES string of the molecule is NC(Cc1ccc(O)cc1)C(=O)N1CCCC1C(=O)NC(CC(=O)O)C(=O)O. The Balaban J connectivity index is 2.02. The van der Waals surface area contributed by atoms with Crippen molar-refractivity contribution in [1.82, 2.24) is 10.2 Å². The Bertz CT molecular complexity index is 750. The normalized spacial score (nSPS) is 18.3. The van der Waals surface area contributed by atoms with Crippen molar-refractivity contribution < 1.29 is 34.5 Å². The molecule has 1 aromatic carbocycles. The van der Waals surface area contributed by atoms with Crippen LogP contribution < -0.4 is 11.1 Å². The van der Waals surface area contributed by atoms with Gasteiger partial charge in [0.15, 0.2) is 0 Å². The van der Waals surface area contributed by atoms with Crippen molar-refractivity contribution in [1.29, 1.82) is 0 Å². The fourth-order valence-corrected chi connectivity index (χ4v) is 3.13. The number of hydrogen-bond acceptors (Lipinski definition) is 6. The van der Waals surface area contributed by atoms with Gasteiger partial charge in [0.25, 0.3) is 0 Å². The molecule has 1 aromatic rings. The highest BCUT2D eigenvalue weighted by atomic mass is 16.4. The second-order valence-corrected chi connectivity index (χ2v) is 6.66. The molecule has 0 aliphatic carbocycles. The molecule has 3 unspecified atom stereocenters. The zero-order valence-electron chi connectivity index (χ0n) is 15.1. The van der Waals surface area contributed by atoms with Crippen LogP contribution in [0, 0.1) is 0 Å². The third kappa shape index (κ3) is 5.43. The molecule has 0 saturated carbocycles. The molecular weight excluding hydrogens is 370 g/mol. The molecule has 3 atom stereocenters. The van der Waals surface area contributed by atoms with E-state index in [2.05, 4.69) is 5.32 Å². The Morgan fingerprint density at radius 1 is 1.18 bits per heavy atom. The maximum atomic E-state index is 12.7. The van der Waals surface area contributed by atoms with Crippen molar-refractivity contribution in [2.24, 2.45) is 5.73 Å². The molecule has 1 heterocycles. The third-order valence-corrected chi connectivity index (χ3v) is 4.54. The Kier molecular flexibility index (Phi) is 6.94. The zero-order valence-corrected chi connectivity index (χ0v) is 15.1. The summed E-state index contributed by atoms with van der Waals surface area (Å²) in [5.41, 5.74) is 6.73. The molecule has 28 heavy (non-hydrogen) atoms. The second-order valence-electron chi connectivity index (χ2n) is 6.66. The van der Waals surface area contributed by atoms with Crippen molar-refractivity contribution in [3.05, 3.63) is 29.8 Å². The second kappa shape index (κ2) is 9.18. The third-order valence-electron chi connectivity index (χ3n) is 4.54. The zero-order chi connectivity index (χ0) is 20.8. The van der Waals surface area contributed by atoms with E-state index in [9.17, 15) is 24.3 Å². The van der Waals surface area contributed by atoms with Crippen LogP contribution in [0.3, 0.4) is 0 Å². The number of aliphatic carboxylic acids is 2. The topological polar surface area (TPSA) is 170 Å². The number of rotatable bonds is 8. The molecule has 1 aliphatic heterocycles. The Labute approximate surface area is 160 Å². The summed E-state index contributed by atoms with van der Waals surface area (Å²) in [5, 5.41) is 29.3. The van der Waals surface area contributed by atoms with Crippen molar-refractivity contribution in [3.8, 4) is 5.75 Å². The summed E-state index contributed by atoms with van der Waals surface area (Å²) < 4.78 is 0. The van der Waals surface area contributed by atoms with Gasteiger partial charge in [0.05, 0.1) is 12.5 Å². The number of hydrogen-bond donors (Lipinski definition) is 5. The predicted molar refractivity (Wildman–Crippen MR) is 96.3 cm³/mol. The van der Waals surface area contributed by atoms with E-state index in [0.717, 1.165) is 5.56 Å². The number of nitrogens with two attached hydrogens (primary N) is 1. The molecule has 0 radical (unpaired) electrons. The minimum absolute atomic E-state index is 0.0919. The average molecular weight is 393 g/mol. The molecule has 0 aromatic heterocycles. The highest BCUT2D eigenvalue weighted by Crippen LogP contribution is 2.20. The number of carboxylic acid groups (broad SMARTS) is 2. The maximum absolute atomic E-state index is 12.7. The molecule has 10 heteroatoms. The van der Waals surface area contributed by atoms with Crippen LogP contribution in [0.15, 0.2) is 24.3 Å². The van der Waals surface area contributed by atoms with Gasteiger partial charge in [-0.3, -0.25) is 14.4 Å². The van der Waals surface area contributed by atoms with Crippen molar-refractivity contribution in [3.63, 3.8) is 0 Å². The number of phenolic OH excluding ortho intramolecular Hbond substituents is 1. The van der Waals surface area contributed by atoms with Crippen molar-refractivity contribution in [2.75, 3.05) is 6.54 Å². The van der Waals surface area contributed by atoms with Crippen molar-refractivity contribution >= 4 is 23.8 Å². The molecule has 2 rings (SSSR count). The van der Waals surface area contributed by atoms with Crippen LogP contribution in [-0.4, -0.2) is 68.6 Å². The quantitative estimate of drug-likeness (QED) is 0.386. The van der Waals surface area contributed by atoms with E-state index in [1.165, 1.54) is 17.0 Å². The lowest BCUT2D eigenvalue weighted by atomic mass is 10.0. The number of nitrogens with one attached hydrogen (secondary N) is 1. The molecular formula is C18H23N3O7. The summed E-state index contributed by atoms with van der Waals surface area (Å²) in [7, 11) is 0. The van der Waals surface area contributed by atoms with Crippen LogP contribution in [0.5, 0.6) is 5.75 Å². The van der Waals surface area contributed by atoms with Gasteiger partial charge in [0.2, 0.25) is 11.8 Å². The van der Waals surface area contributed by atoms with Gasteiger partial charge in [-0.05, 0) is 37.0 Å². The number of benzene rings is 1. The van der Waals surface area contributed by atoms with Crippen LogP contribution >= 0.6 is 0 Å². The first-order chi connectivity index (χ1) is 13.2. The van der Waals surface area contributed by atoms with E-state index < -0.39 is 48.3 Å². The maximum Gasteiger partial charge on any atom is 0.326 e. The van der Waals surface area contributed by atoms with E-state index in [1.54, 1.807) is 12.1 Å². The number of carbonyl (C=O) groups is 4. The van der Waals surface area contributed by atoms with Crippen LogP contribution in [0.2, 0.25) is 0 Å². The lowest BCUT2D eigenvalue weighted by Crippen LogP contribution is -2.54. The lowest BCUT2D eigenvalue weighted by Gasteiger charge is -2.27. The molecule has 0 bridgehead atoms. The Hall–Kier alpha value is -3.14. The monoisotopic (exact) mass is 393 g/mol. The van der Waals surface area contributed by atoms with Gasteiger partial charge in [-0.25, -0.2) is 4.79 Å². The first kappa shape index (κ1) is 21.2. The van der Waals surface area contributed by atoms with Crippen LogP contribution in [-0.2, 0) is 25.6 Å². The van der Waals surface area contributed by atoms with Gasteiger partial charge in [0.1, 0.15) is 17.8 Å². The highest BCUT2D eigenvalue weighted by Gasteiger charge is 2.37. The Morgan fingerprint density at radius 2 is 1.82 bits per heavy atom. The standard InChI is InChI=1S/C18H23N3O7/c19-12(8-10-3-5-11(22)6-4-10)17(26)21-7-1-2-14(21)16(25)20-13(18(27)28)9-15(23)24/h3-6,12-14,22H,1-2,7-9,19H2,(H,20,25)(H,23,24)(H,27,28). The van der Waals surface area contributed by atoms with Gasteiger partial charge in [-0.15, -0.1) is 0 Å². The lowest BCUT2D eigenvalue weighted by molar-refractivity contribution is -0.148. The number of aromatic hydroxyl groups is 1. The summed E-state index contributed by atoms with van der Waals surface area (Å²) in [6, 6.07) is 2.86. The first-order valence-corrected chi connectivity index (χ1v) is 8.78. The fourth-order valence-electron chi connectivity index (χ4n) is 3.13. The summed E-state index contributed by atoms with van der Waals surface area (Å²) in [6.45, 7) is 0.302. The number of amides is 2. The van der Waals surface area contributed by atoms with E-state index in [0.29, 0.717) is 19.4 Å². The summed E-state index contributed by atoms with van der Waals surface area (Å²) in [4.78, 5) is 48.3. The number of phenols is 1. The highest BCUT2D eigenvalue weighted by molar-refractivity contribution is 5.93. The molecule has 1 fully saturated rings. The first-order valence-electron chi connectivity index (χ1n) is 8.78. The molecule has 152 valence electrons. The number of carboxylic acids is 2. The molecule has 1 aliphatic rings. The van der Waals surface area contributed by atoms with Gasteiger partial charge in [0, 0.05) is 6.54 Å². The molecule has 1 saturated heterocycles. The van der Waals surface area contributed by atoms with Crippen LogP contribution in [0.1, 0.15) is 24.8 Å². The van der Waals surface area contributed by atoms with Crippen molar-refractivity contribution in [2.45, 2.75) is 43.8 Å². The van der Waals surface area contributed by atoms with Gasteiger partial charge < -0.3 is 31.3 Å². The molecule has 6 N–H and O–H groups in total. The number of nitrogens with zero attached hydrogens (tertiary/aromatic N) is 1. The van der Waals surface area contributed by atoms with Gasteiger partial charge >= 0.3 is 11.9 Å². The number of likely N-dealkylation sites (tertiary alicyclic amines) is 1. The molecule has 10 nitrogen and oxygen atoms in total. The van der Waals surface area contributed by atoms with E-state index >= 15 is 0 Å². The van der Waals surface area contributed by atoms with E-state index in [-0.39, 0.29) is 12.2 Å². The predicted octanol–water partition coefficient (Wildman–Crippen LogP) is -0.703. The Morgan fingerprint density at radius 3 is 2.39 bits per heavy atom. The van der Waals surface area contributed by atoms with Crippen LogP contribution in [0.4, 0.5) is 0 Å². The summed E-state index contributed by atoms with van der Waals surface area (Å²) in [5.74, 6) is -3.89. The smallest absolute Gasteiger partial charge is 0.326 e. The average Bonchev–Trinajstić information content (AvgIpc) is 3.11. The van der Waals surface area contributed by atoms with Crippen LogP contribution in [0.25, 0.3) is 0 Å². The van der Waals surface area contributed by atoms with Gasteiger partial charge in [-0.1, -0.05) is 12.1 Å². The molecule has 0 spiro atoms. The fraction of sp³-hybridized carbons (Fsp3) is 0.444. The van der Waals surface area contributed by atoms with Gasteiger partial charge in [-0.2, -0.15) is 0 Å². The summed E-state index contributed by atoms with van der Waals surface area (Å²) >= 11 is 0.